The summed E-state index contributed by atoms with van der Waals surface area (Å²) in [4.78, 5) is 3.61. The molecule has 1 aromatic heterocycles. The van der Waals surface area contributed by atoms with E-state index in [0.717, 1.165) is 12.1 Å². The van der Waals surface area contributed by atoms with Crippen LogP contribution >= 0.6 is 0 Å². The molecular weight excluding hydrogens is 274 g/mol. The van der Waals surface area contributed by atoms with Gasteiger partial charge in [0.15, 0.2) is 0 Å². The molecule has 20 heavy (non-hydrogen) atoms. The highest BCUT2D eigenvalue weighted by atomic mass is 19.4. The van der Waals surface area contributed by atoms with Crippen LogP contribution in [-0.4, -0.2) is 10.1 Å². The van der Waals surface area contributed by atoms with E-state index in [2.05, 4.69) is 4.98 Å². The number of hydrogen-bond donors (Lipinski definition) is 1. The van der Waals surface area contributed by atoms with Crippen molar-refractivity contribution in [1.82, 2.24) is 4.98 Å². The molecule has 6 heteroatoms. The largest absolute Gasteiger partial charge is 0.417 e. The van der Waals surface area contributed by atoms with Crippen LogP contribution in [0, 0.1) is 5.82 Å². The summed E-state index contributed by atoms with van der Waals surface area (Å²) in [6.45, 7) is 0. The van der Waals surface area contributed by atoms with Crippen molar-refractivity contribution in [2.45, 2.75) is 18.7 Å². The van der Waals surface area contributed by atoms with Gasteiger partial charge in [0.2, 0.25) is 0 Å². The molecular formula is C14H11F4NO. The first-order valence-corrected chi connectivity index (χ1v) is 5.82. The van der Waals surface area contributed by atoms with Gasteiger partial charge in [0.1, 0.15) is 5.82 Å². The summed E-state index contributed by atoms with van der Waals surface area (Å²) in [5.74, 6) is -0.393. The first-order chi connectivity index (χ1) is 9.36. The molecule has 2 nitrogen and oxygen atoms in total. The Kier molecular flexibility index (Phi) is 4.04. The van der Waals surface area contributed by atoms with Gasteiger partial charge in [-0.1, -0.05) is 12.1 Å². The maximum absolute atomic E-state index is 12.7. The van der Waals surface area contributed by atoms with Crippen molar-refractivity contribution in [2.75, 3.05) is 0 Å². The van der Waals surface area contributed by atoms with Crippen molar-refractivity contribution in [3.8, 4) is 0 Å². The second-order valence-corrected chi connectivity index (χ2v) is 4.32. The minimum absolute atomic E-state index is 0.141. The minimum Gasteiger partial charge on any atom is -0.386 e. The van der Waals surface area contributed by atoms with Crippen molar-refractivity contribution in [1.29, 1.82) is 0 Å². The zero-order valence-corrected chi connectivity index (χ0v) is 10.2. The molecule has 2 rings (SSSR count). The van der Waals surface area contributed by atoms with Crippen molar-refractivity contribution in [3.05, 3.63) is 65.2 Å². The van der Waals surface area contributed by atoms with E-state index in [1.54, 1.807) is 0 Å². The molecule has 0 aliphatic rings. The Morgan fingerprint density at radius 1 is 1.05 bits per heavy atom. The molecule has 0 saturated heterocycles. The third-order valence-electron chi connectivity index (χ3n) is 2.80. The molecule has 0 bridgehead atoms. The maximum Gasteiger partial charge on any atom is 0.417 e. The Labute approximate surface area is 112 Å². The summed E-state index contributed by atoms with van der Waals surface area (Å²) in [7, 11) is 0. The molecule has 2 aromatic rings. The Morgan fingerprint density at radius 2 is 1.70 bits per heavy atom. The zero-order valence-electron chi connectivity index (χ0n) is 10.2. The second-order valence-electron chi connectivity index (χ2n) is 4.32. The molecule has 0 aliphatic heterocycles. The Bertz CT molecular complexity index is 563. The van der Waals surface area contributed by atoms with Gasteiger partial charge in [0.25, 0.3) is 0 Å². The van der Waals surface area contributed by atoms with Crippen LogP contribution in [0.3, 0.4) is 0 Å². The highest BCUT2D eigenvalue weighted by molar-refractivity contribution is 5.21. The molecule has 0 spiro atoms. The van der Waals surface area contributed by atoms with Gasteiger partial charge in [-0.25, -0.2) is 4.39 Å². The number of halogens is 4. The van der Waals surface area contributed by atoms with E-state index in [1.165, 1.54) is 24.3 Å². The summed E-state index contributed by atoms with van der Waals surface area (Å²) in [6.07, 6.45) is -4.65. The van der Waals surface area contributed by atoms with Gasteiger partial charge in [-0.05, 0) is 29.8 Å². The lowest BCUT2D eigenvalue weighted by Crippen LogP contribution is -2.08. The van der Waals surface area contributed by atoms with E-state index in [4.69, 9.17) is 0 Å². The SMILES string of the molecule is OC(Cc1ccc(F)cc1)c1ccc(C(F)(F)F)cn1. The number of pyridine rings is 1. The number of aliphatic hydroxyl groups excluding tert-OH is 1. The average molecular weight is 285 g/mol. The topological polar surface area (TPSA) is 33.1 Å². The number of rotatable bonds is 3. The van der Waals surface area contributed by atoms with E-state index >= 15 is 0 Å². The minimum atomic E-state index is -4.45. The molecule has 0 amide bonds. The van der Waals surface area contributed by atoms with Crippen molar-refractivity contribution in [3.63, 3.8) is 0 Å². The quantitative estimate of drug-likeness (QED) is 0.875. The molecule has 0 saturated carbocycles. The van der Waals surface area contributed by atoms with Gasteiger partial charge >= 0.3 is 6.18 Å². The molecule has 1 N–H and O–H groups in total. The van der Waals surface area contributed by atoms with Crippen LogP contribution in [-0.2, 0) is 12.6 Å². The highest BCUT2D eigenvalue weighted by Gasteiger charge is 2.30. The lowest BCUT2D eigenvalue weighted by Gasteiger charge is -2.12. The van der Waals surface area contributed by atoms with Crippen molar-refractivity contribution in [2.24, 2.45) is 0 Å². The summed E-state index contributed by atoms with van der Waals surface area (Å²) >= 11 is 0. The first kappa shape index (κ1) is 14.5. The fraction of sp³-hybridized carbons (Fsp3) is 0.214. The lowest BCUT2D eigenvalue weighted by atomic mass is 10.0. The third kappa shape index (κ3) is 3.54. The number of hydrogen-bond acceptors (Lipinski definition) is 2. The number of nitrogens with zero attached hydrogens (tertiary/aromatic N) is 1. The van der Waals surface area contributed by atoms with Gasteiger partial charge < -0.3 is 5.11 Å². The highest BCUT2D eigenvalue weighted by Crippen LogP contribution is 2.29. The van der Waals surface area contributed by atoms with Crippen LogP contribution in [0.15, 0.2) is 42.6 Å². The van der Waals surface area contributed by atoms with Crippen LogP contribution in [0.2, 0.25) is 0 Å². The predicted octanol–water partition coefficient (Wildman–Crippen LogP) is 3.52. The van der Waals surface area contributed by atoms with Gasteiger partial charge in [0.05, 0.1) is 17.4 Å². The summed E-state index contributed by atoms with van der Waals surface area (Å²) < 4.78 is 49.8. The second kappa shape index (κ2) is 5.58. The molecule has 1 aromatic carbocycles. The molecule has 106 valence electrons. The van der Waals surface area contributed by atoms with Crippen molar-refractivity contribution >= 4 is 0 Å². The Morgan fingerprint density at radius 3 is 2.20 bits per heavy atom. The maximum atomic E-state index is 12.7. The molecule has 0 aliphatic carbocycles. The average Bonchev–Trinajstić information content (AvgIpc) is 2.40. The van der Waals surface area contributed by atoms with Gasteiger partial charge in [0, 0.05) is 12.6 Å². The fourth-order valence-electron chi connectivity index (χ4n) is 1.72. The van der Waals surface area contributed by atoms with Gasteiger partial charge in [-0.15, -0.1) is 0 Å². The van der Waals surface area contributed by atoms with Crippen LogP contribution in [0.25, 0.3) is 0 Å². The smallest absolute Gasteiger partial charge is 0.386 e. The standard InChI is InChI=1S/C14H11F4NO/c15-11-4-1-9(2-5-11)7-13(20)12-6-3-10(8-19-12)14(16,17)18/h1-6,8,13,20H,7H2. The molecule has 1 atom stereocenters. The number of alkyl halides is 3. The van der Waals surface area contributed by atoms with Crippen LogP contribution in [0.4, 0.5) is 17.6 Å². The fourth-order valence-corrected chi connectivity index (χ4v) is 1.72. The van der Waals surface area contributed by atoms with Crippen LogP contribution < -0.4 is 0 Å². The van der Waals surface area contributed by atoms with E-state index < -0.39 is 23.7 Å². The third-order valence-corrected chi connectivity index (χ3v) is 2.80. The lowest BCUT2D eigenvalue weighted by molar-refractivity contribution is -0.137. The van der Waals surface area contributed by atoms with E-state index in [1.807, 2.05) is 0 Å². The predicted molar refractivity (Wildman–Crippen MR) is 64.3 cm³/mol. The molecule has 1 heterocycles. The number of benzene rings is 1. The van der Waals surface area contributed by atoms with Gasteiger partial charge in [-0.2, -0.15) is 13.2 Å². The molecule has 0 radical (unpaired) electrons. The normalized spacial score (nSPS) is 13.2. The number of aromatic nitrogens is 1. The molecule has 0 fully saturated rings. The van der Waals surface area contributed by atoms with Crippen LogP contribution in [0.5, 0.6) is 0 Å². The zero-order chi connectivity index (χ0) is 14.8. The number of aliphatic hydroxyl groups is 1. The summed E-state index contributed by atoms with van der Waals surface area (Å²) in [6, 6.07) is 7.52. The first-order valence-electron chi connectivity index (χ1n) is 5.82. The Hall–Kier alpha value is -1.95. The van der Waals surface area contributed by atoms with E-state index in [0.29, 0.717) is 11.8 Å². The van der Waals surface area contributed by atoms with Crippen molar-refractivity contribution < 1.29 is 22.7 Å². The van der Waals surface area contributed by atoms with E-state index in [-0.39, 0.29) is 12.1 Å². The molecule has 1 unspecified atom stereocenters. The van der Waals surface area contributed by atoms with Crippen LogP contribution in [0.1, 0.15) is 22.9 Å². The summed E-state index contributed by atoms with van der Waals surface area (Å²) in [5.41, 5.74) is -0.0573. The van der Waals surface area contributed by atoms with E-state index in [9.17, 15) is 22.7 Å². The van der Waals surface area contributed by atoms with Gasteiger partial charge in [-0.3, -0.25) is 4.98 Å². The monoisotopic (exact) mass is 285 g/mol. The summed E-state index contributed by atoms with van der Waals surface area (Å²) in [5, 5.41) is 9.90. The Balaban J connectivity index is 2.09.